The molecule has 0 saturated heterocycles. The van der Waals surface area contributed by atoms with Crippen molar-refractivity contribution >= 4 is 17.7 Å². The summed E-state index contributed by atoms with van der Waals surface area (Å²) >= 11 is 5.86. The number of hydrogen-bond donors (Lipinski definition) is 0. The molecule has 7 heteroatoms. The smallest absolute Gasteiger partial charge is 0.414 e. The molecule has 6 nitrogen and oxygen atoms in total. The first kappa shape index (κ1) is 20.0. The van der Waals surface area contributed by atoms with E-state index >= 15 is 0 Å². The monoisotopic (exact) mass is 377 g/mol. The van der Waals surface area contributed by atoms with Crippen LogP contribution in [0.5, 0.6) is 11.6 Å². The molecule has 0 aliphatic carbocycles. The Morgan fingerprint density at radius 3 is 2.38 bits per heavy atom. The molecule has 1 atom stereocenters. The van der Waals surface area contributed by atoms with E-state index < -0.39 is 6.09 Å². The summed E-state index contributed by atoms with van der Waals surface area (Å²) in [7, 11) is 7.33. The molecule has 2 aromatic rings. The molecule has 1 unspecified atom stereocenters. The Kier molecular flexibility index (Phi) is 7.24. The second kappa shape index (κ2) is 9.40. The molecule has 26 heavy (non-hydrogen) atoms. The van der Waals surface area contributed by atoms with Gasteiger partial charge in [0.05, 0.1) is 6.61 Å². The molecular weight excluding hydrogens is 354 g/mol. The number of halogens is 1. The first-order valence-corrected chi connectivity index (χ1v) is 8.65. The van der Waals surface area contributed by atoms with Crippen molar-refractivity contribution in [1.82, 2.24) is 14.8 Å². The van der Waals surface area contributed by atoms with E-state index in [-0.39, 0.29) is 6.04 Å². The van der Waals surface area contributed by atoms with Gasteiger partial charge in [0.15, 0.2) is 0 Å². The summed E-state index contributed by atoms with van der Waals surface area (Å²) in [5, 5.41) is 0.412. The second-order valence-corrected chi connectivity index (χ2v) is 6.63. The van der Waals surface area contributed by atoms with Crippen LogP contribution in [0.3, 0.4) is 0 Å². The number of rotatable bonds is 7. The van der Waals surface area contributed by atoms with E-state index in [2.05, 4.69) is 9.88 Å². The summed E-state index contributed by atoms with van der Waals surface area (Å²) in [4.78, 5) is 19.2. The van der Waals surface area contributed by atoms with Crippen LogP contribution >= 0.6 is 11.6 Å². The van der Waals surface area contributed by atoms with Crippen LogP contribution in [0.4, 0.5) is 4.79 Å². The summed E-state index contributed by atoms with van der Waals surface area (Å²) in [6.07, 6.45) is 0.377. The highest BCUT2D eigenvalue weighted by molar-refractivity contribution is 6.29. The molecule has 2 rings (SSSR count). The van der Waals surface area contributed by atoms with Crippen molar-refractivity contribution in [2.75, 3.05) is 34.8 Å². The molecule has 1 heterocycles. The van der Waals surface area contributed by atoms with Gasteiger partial charge >= 0.3 is 6.09 Å². The Morgan fingerprint density at radius 1 is 1.12 bits per heavy atom. The van der Waals surface area contributed by atoms with Gasteiger partial charge < -0.3 is 19.3 Å². The third-order valence-electron chi connectivity index (χ3n) is 3.79. The van der Waals surface area contributed by atoms with Crippen molar-refractivity contribution in [1.29, 1.82) is 0 Å². The van der Waals surface area contributed by atoms with Crippen molar-refractivity contribution in [3.05, 3.63) is 53.2 Å². The maximum Gasteiger partial charge on any atom is 0.414 e. The van der Waals surface area contributed by atoms with E-state index in [1.54, 1.807) is 38.4 Å². The average molecular weight is 378 g/mol. The van der Waals surface area contributed by atoms with E-state index in [1.807, 2.05) is 32.3 Å². The summed E-state index contributed by atoms with van der Waals surface area (Å²) < 4.78 is 10.9. The van der Waals surface area contributed by atoms with Gasteiger partial charge in [-0.15, -0.1) is 0 Å². The molecule has 0 aliphatic rings. The van der Waals surface area contributed by atoms with Gasteiger partial charge in [-0.3, -0.25) is 0 Å². The highest BCUT2D eigenvalue weighted by Gasteiger charge is 2.15. The van der Waals surface area contributed by atoms with E-state index in [9.17, 15) is 4.79 Å². The van der Waals surface area contributed by atoms with Gasteiger partial charge in [-0.2, -0.15) is 0 Å². The second-order valence-electron chi connectivity index (χ2n) is 6.25. The number of carbonyl (C=O) groups excluding carboxylic acids is 1. The highest BCUT2D eigenvalue weighted by Crippen LogP contribution is 2.25. The van der Waals surface area contributed by atoms with Crippen LogP contribution in [0, 0.1) is 0 Å². The molecule has 0 spiro atoms. The Bertz CT molecular complexity index is 720. The molecule has 1 aromatic carbocycles. The van der Waals surface area contributed by atoms with Gasteiger partial charge in [0.2, 0.25) is 5.88 Å². The standard InChI is InChI=1S/C19H24ClN3O3/c1-22(2)16(12-13-25-18-7-5-6-17(20)21-18)14-8-10-15(11-9-14)26-19(24)23(3)4/h5-11,16H,12-13H2,1-4H3. The number of pyridine rings is 1. The van der Waals surface area contributed by atoms with E-state index in [0.29, 0.717) is 23.4 Å². The first-order chi connectivity index (χ1) is 12.4. The maximum atomic E-state index is 11.6. The van der Waals surface area contributed by atoms with Gasteiger partial charge in [0.1, 0.15) is 10.9 Å². The zero-order chi connectivity index (χ0) is 19.1. The largest absolute Gasteiger partial charge is 0.478 e. The summed E-state index contributed by atoms with van der Waals surface area (Å²) in [5.41, 5.74) is 1.11. The molecule has 1 aromatic heterocycles. The SMILES string of the molecule is CN(C)C(=O)Oc1ccc(C(CCOc2cccc(Cl)n2)N(C)C)cc1. The number of hydrogen-bond acceptors (Lipinski definition) is 5. The van der Waals surface area contributed by atoms with Gasteiger partial charge in [0, 0.05) is 32.6 Å². The highest BCUT2D eigenvalue weighted by atomic mass is 35.5. The van der Waals surface area contributed by atoms with Crippen LogP contribution in [-0.4, -0.2) is 55.7 Å². The number of ether oxygens (including phenoxy) is 2. The zero-order valence-electron chi connectivity index (χ0n) is 15.5. The lowest BCUT2D eigenvalue weighted by atomic mass is 10.0. The molecular formula is C19H24ClN3O3. The third kappa shape index (κ3) is 5.89. The lowest BCUT2D eigenvalue weighted by Gasteiger charge is -2.25. The number of carbonyl (C=O) groups is 1. The number of benzene rings is 1. The average Bonchev–Trinajstić information content (AvgIpc) is 2.59. The minimum Gasteiger partial charge on any atom is -0.478 e. The van der Waals surface area contributed by atoms with Crippen molar-refractivity contribution < 1.29 is 14.3 Å². The molecule has 0 N–H and O–H groups in total. The molecule has 0 saturated carbocycles. The van der Waals surface area contributed by atoms with Crippen LogP contribution < -0.4 is 9.47 Å². The Labute approximate surface area is 159 Å². The fourth-order valence-corrected chi connectivity index (χ4v) is 2.57. The number of amides is 1. The van der Waals surface area contributed by atoms with E-state index in [4.69, 9.17) is 21.1 Å². The van der Waals surface area contributed by atoms with Crippen LogP contribution in [0.25, 0.3) is 0 Å². The molecule has 0 aliphatic heterocycles. The zero-order valence-corrected chi connectivity index (χ0v) is 16.2. The molecule has 0 fully saturated rings. The fraction of sp³-hybridized carbons (Fsp3) is 0.368. The molecule has 140 valence electrons. The summed E-state index contributed by atoms with van der Waals surface area (Å²) in [6, 6.07) is 13.0. The van der Waals surface area contributed by atoms with E-state index in [1.165, 1.54) is 4.90 Å². The van der Waals surface area contributed by atoms with Gasteiger partial charge in [0.25, 0.3) is 0 Å². The quantitative estimate of drug-likeness (QED) is 0.685. The number of aromatic nitrogens is 1. The summed E-state index contributed by atoms with van der Waals surface area (Å²) in [5.74, 6) is 1.03. The topological polar surface area (TPSA) is 54.9 Å². The van der Waals surface area contributed by atoms with Crippen molar-refractivity contribution in [3.63, 3.8) is 0 Å². The van der Waals surface area contributed by atoms with Gasteiger partial charge in [-0.25, -0.2) is 9.78 Å². The maximum absolute atomic E-state index is 11.6. The molecule has 0 radical (unpaired) electrons. The molecule has 0 bridgehead atoms. The normalized spacial score (nSPS) is 11.9. The Morgan fingerprint density at radius 2 is 1.81 bits per heavy atom. The number of nitrogens with zero attached hydrogens (tertiary/aromatic N) is 3. The third-order valence-corrected chi connectivity index (χ3v) is 4.00. The molecule has 1 amide bonds. The minimum absolute atomic E-state index is 0.160. The Hall–Kier alpha value is -2.31. The Balaban J connectivity index is 1.97. The minimum atomic E-state index is -0.399. The fourth-order valence-electron chi connectivity index (χ4n) is 2.42. The van der Waals surface area contributed by atoms with Gasteiger partial charge in [-0.05, 0) is 37.9 Å². The van der Waals surface area contributed by atoms with Crippen molar-refractivity contribution in [2.24, 2.45) is 0 Å². The van der Waals surface area contributed by atoms with Crippen LogP contribution in [-0.2, 0) is 0 Å². The van der Waals surface area contributed by atoms with E-state index in [0.717, 1.165) is 12.0 Å². The van der Waals surface area contributed by atoms with Crippen molar-refractivity contribution in [3.8, 4) is 11.6 Å². The van der Waals surface area contributed by atoms with Crippen LogP contribution in [0.2, 0.25) is 5.15 Å². The predicted octanol–water partition coefficient (Wildman–Crippen LogP) is 3.87. The predicted molar refractivity (Wildman–Crippen MR) is 102 cm³/mol. The lowest BCUT2D eigenvalue weighted by Crippen LogP contribution is -2.25. The van der Waals surface area contributed by atoms with Gasteiger partial charge in [-0.1, -0.05) is 29.8 Å². The first-order valence-electron chi connectivity index (χ1n) is 8.27. The van der Waals surface area contributed by atoms with Crippen molar-refractivity contribution in [2.45, 2.75) is 12.5 Å². The van der Waals surface area contributed by atoms with Crippen LogP contribution in [0.1, 0.15) is 18.0 Å². The summed E-state index contributed by atoms with van der Waals surface area (Å²) in [6.45, 7) is 0.507. The van der Waals surface area contributed by atoms with Crippen LogP contribution in [0.15, 0.2) is 42.5 Å². The lowest BCUT2D eigenvalue weighted by molar-refractivity contribution is 0.172.